The third-order valence-electron chi connectivity index (χ3n) is 5.16. The van der Waals surface area contributed by atoms with Crippen molar-refractivity contribution in [2.45, 2.75) is 24.7 Å². The predicted molar refractivity (Wildman–Crippen MR) is 130 cm³/mol. The molecule has 0 saturated carbocycles. The van der Waals surface area contributed by atoms with Crippen molar-refractivity contribution in [1.82, 2.24) is 9.88 Å². The fourth-order valence-corrected chi connectivity index (χ4v) is 5.48. The third-order valence-corrected chi connectivity index (χ3v) is 7.93. The number of thiazole rings is 1. The van der Waals surface area contributed by atoms with Crippen LogP contribution in [-0.4, -0.2) is 64.3 Å². The van der Waals surface area contributed by atoms with Crippen LogP contribution in [0.15, 0.2) is 47.4 Å². The van der Waals surface area contributed by atoms with E-state index >= 15 is 0 Å². The Kier molecular flexibility index (Phi) is 7.86. The van der Waals surface area contributed by atoms with E-state index in [1.165, 1.54) is 36.1 Å². The van der Waals surface area contributed by atoms with Crippen molar-refractivity contribution in [3.63, 3.8) is 0 Å². The zero-order valence-electron chi connectivity index (χ0n) is 18.9. The van der Waals surface area contributed by atoms with Crippen molar-refractivity contribution in [2.24, 2.45) is 0 Å². The Morgan fingerprint density at radius 3 is 2.44 bits per heavy atom. The van der Waals surface area contributed by atoms with Crippen molar-refractivity contribution in [1.29, 1.82) is 0 Å². The molecule has 0 saturated heterocycles. The average Bonchev–Trinajstić information content (AvgIpc) is 3.20. The maximum atomic E-state index is 13.1. The Labute approximate surface area is 193 Å². The largest absolute Gasteiger partial charge is 0.497 e. The smallest absolute Gasteiger partial charge is 0.229 e. The lowest BCUT2D eigenvalue weighted by molar-refractivity contribution is -0.118. The molecule has 0 aliphatic heterocycles. The normalized spacial score (nSPS) is 11.8. The fraction of sp³-hybridized carbons (Fsp3) is 0.391. The first-order valence-electron chi connectivity index (χ1n) is 10.4. The van der Waals surface area contributed by atoms with Crippen molar-refractivity contribution < 1.29 is 17.9 Å². The van der Waals surface area contributed by atoms with Crippen LogP contribution in [0.1, 0.15) is 18.9 Å². The lowest BCUT2D eigenvalue weighted by Gasteiger charge is -2.22. The molecule has 32 heavy (non-hydrogen) atoms. The average molecular weight is 476 g/mol. The predicted octanol–water partition coefficient (Wildman–Crippen LogP) is 3.63. The highest BCUT2D eigenvalue weighted by Crippen LogP contribution is 2.30. The SMILES string of the molecule is CCc1ccc2nc(N(CCN(C)C)C(=O)CCS(=O)(=O)c3ccc(OC)cc3)sc2c1. The number of aryl methyl sites for hydroxylation is 1. The number of carbonyl (C=O) groups excluding carboxylic acids is 1. The van der Waals surface area contributed by atoms with Gasteiger partial charge in [-0.1, -0.05) is 24.3 Å². The zero-order valence-corrected chi connectivity index (χ0v) is 20.5. The van der Waals surface area contributed by atoms with Crippen LogP contribution in [0.5, 0.6) is 5.75 Å². The summed E-state index contributed by atoms with van der Waals surface area (Å²) in [5, 5.41) is 0.599. The molecule has 1 aromatic heterocycles. The quantitative estimate of drug-likeness (QED) is 0.446. The number of hydrogen-bond acceptors (Lipinski definition) is 7. The van der Waals surface area contributed by atoms with E-state index in [0.717, 1.165) is 16.6 Å². The summed E-state index contributed by atoms with van der Waals surface area (Å²) in [6.07, 6.45) is 0.813. The van der Waals surface area contributed by atoms with Gasteiger partial charge in [0.15, 0.2) is 15.0 Å². The van der Waals surface area contributed by atoms with Crippen LogP contribution in [-0.2, 0) is 21.1 Å². The van der Waals surface area contributed by atoms with Gasteiger partial charge in [0.1, 0.15) is 5.75 Å². The van der Waals surface area contributed by atoms with Crippen LogP contribution in [0, 0.1) is 0 Å². The Hall–Kier alpha value is -2.49. The van der Waals surface area contributed by atoms with Crippen molar-refractivity contribution in [3.05, 3.63) is 48.0 Å². The molecule has 2 aromatic carbocycles. The molecule has 0 N–H and O–H groups in total. The molecule has 0 bridgehead atoms. The summed E-state index contributed by atoms with van der Waals surface area (Å²) in [6, 6.07) is 12.3. The number of nitrogens with zero attached hydrogens (tertiary/aromatic N) is 3. The number of hydrogen-bond donors (Lipinski definition) is 0. The van der Waals surface area contributed by atoms with Crippen LogP contribution in [0.2, 0.25) is 0 Å². The molecule has 1 heterocycles. The standard InChI is InChI=1S/C23H29N3O4S2/c1-5-17-6-11-20-21(16-17)31-23(24-20)26(14-13-25(2)3)22(27)12-15-32(28,29)19-9-7-18(30-4)8-10-19/h6-11,16H,5,12-15H2,1-4H3. The Bertz CT molecular complexity index is 1170. The second kappa shape index (κ2) is 10.4. The van der Waals surface area contributed by atoms with E-state index in [9.17, 15) is 13.2 Å². The molecule has 0 aliphatic rings. The molecule has 3 rings (SSSR count). The number of sulfone groups is 1. The van der Waals surface area contributed by atoms with Gasteiger partial charge in [0.2, 0.25) is 5.91 Å². The molecule has 0 atom stereocenters. The topological polar surface area (TPSA) is 79.8 Å². The van der Waals surface area contributed by atoms with Gasteiger partial charge in [-0.3, -0.25) is 9.69 Å². The van der Waals surface area contributed by atoms with Gasteiger partial charge < -0.3 is 9.64 Å². The monoisotopic (exact) mass is 475 g/mol. The summed E-state index contributed by atoms with van der Waals surface area (Å²) in [5.41, 5.74) is 2.06. The molecule has 7 nitrogen and oxygen atoms in total. The van der Waals surface area contributed by atoms with Gasteiger partial charge in [0, 0.05) is 19.5 Å². The van der Waals surface area contributed by atoms with E-state index in [4.69, 9.17) is 4.74 Å². The van der Waals surface area contributed by atoms with Crippen LogP contribution >= 0.6 is 11.3 Å². The maximum Gasteiger partial charge on any atom is 0.229 e. The van der Waals surface area contributed by atoms with Gasteiger partial charge in [-0.15, -0.1) is 0 Å². The molecule has 1 amide bonds. The number of fused-ring (bicyclic) bond motifs is 1. The number of rotatable bonds is 10. The van der Waals surface area contributed by atoms with Crippen LogP contribution in [0.25, 0.3) is 10.2 Å². The van der Waals surface area contributed by atoms with Gasteiger partial charge in [-0.2, -0.15) is 0 Å². The van der Waals surface area contributed by atoms with E-state index in [2.05, 4.69) is 18.0 Å². The number of amides is 1. The van der Waals surface area contributed by atoms with Crippen molar-refractivity contribution >= 4 is 42.4 Å². The summed E-state index contributed by atoms with van der Waals surface area (Å²) in [6.45, 7) is 3.18. The van der Waals surface area contributed by atoms with E-state index in [-0.39, 0.29) is 23.0 Å². The Balaban J connectivity index is 1.79. The number of anilines is 1. The molecular weight excluding hydrogens is 446 g/mol. The van der Waals surface area contributed by atoms with E-state index in [1.54, 1.807) is 17.0 Å². The van der Waals surface area contributed by atoms with Gasteiger partial charge in [-0.05, 0) is 62.5 Å². The van der Waals surface area contributed by atoms with Gasteiger partial charge in [0.25, 0.3) is 0 Å². The molecule has 0 fully saturated rings. The van der Waals surface area contributed by atoms with E-state index in [0.29, 0.717) is 24.0 Å². The number of carbonyl (C=O) groups is 1. The highest BCUT2D eigenvalue weighted by atomic mass is 32.2. The first-order valence-corrected chi connectivity index (χ1v) is 12.9. The first kappa shape index (κ1) is 24.2. The highest BCUT2D eigenvalue weighted by molar-refractivity contribution is 7.91. The van der Waals surface area contributed by atoms with E-state index in [1.807, 2.05) is 31.1 Å². The van der Waals surface area contributed by atoms with Gasteiger partial charge in [-0.25, -0.2) is 13.4 Å². The molecule has 0 radical (unpaired) electrons. The second-order valence-corrected chi connectivity index (χ2v) is 10.9. The van der Waals surface area contributed by atoms with E-state index < -0.39 is 9.84 Å². The molecule has 3 aromatic rings. The minimum Gasteiger partial charge on any atom is -0.497 e. The maximum absolute atomic E-state index is 13.1. The minimum absolute atomic E-state index is 0.113. The van der Waals surface area contributed by atoms with Gasteiger partial charge in [0.05, 0.1) is 28.0 Å². The number of ether oxygens (including phenoxy) is 1. The third kappa shape index (κ3) is 5.85. The lowest BCUT2D eigenvalue weighted by atomic mass is 10.2. The molecule has 0 spiro atoms. The molecule has 172 valence electrons. The van der Waals surface area contributed by atoms with Crippen molar-refractivity contribution in [2.75, 3.05) is 44.9 Å². The number of aromatic nitrogens is 1. The minimum atomic E-state index is -3.59. The van der Waals surface area contributed by atoms with Crippen LogP contribution < -0.4 is 9.64 Å². The first-order chi connectivity index (χ1) is 15.2. The summed E-state index contributed by atoms with van der Waals surface area (Å²) in [4.78, 5) is 21.5. The highest BCUT2D eigenvalue weighted by Gasteiger charge is 2.23. The van der Waals surface area contributed by atoms with Crippen LogP contribution in [0.3, 0.4) is 0 Å². The lowest BCUT2D eigenvalue weighted by Crippen LogP contribution is -2.37. The fourth-order valence-electron chi connectivity index (χ4n) is 3.18. The summed E-state index contributed by atoms with van der Waals surface area (Å²) in [5.74, 6) is 0.0669. The summed E-state index contributed by atoms with van der Waals surface area (Å²) in [7, 11) is 1.80. The molecule has 0 unspecified atom stereocenters. The summed E-state index contributed by atoms with van der Waals surface area (Å²) < 4.78 is 31.6. The number of benzene rings is 2. The number of likely N-dealkylation sites (N-methyl/N-ethyl adjacent to an activating group) is 1. The number of methoxy groups -OCH3 is 1. The molecular formula is C23H29N3O4S2. The zero-order chi connectivity index (χ0) is 23.3. The van der Waals surface area contributed by atoms with Gasteiger partial charge >= 0.3 is 0 Å². The van der Waals surface area contributed by atoms with Crippen molar-refractivity contribution in [3.8, 4) is 5.75 Å². The molecule has 0 aliphatic carbocycles. The van der Waals surface area contributed by atoms with Crippen LogP contribution in [0.4, 0.5) is 5.13 Å². The Morgan fingerprint density at radius 2 is 1.81 bits per heavy atom. The summed E-state index contributed by atoms with van der Waals surface area (Å²) >= 11 is 1.46. The molecule has 9 heteroatoms. The Morgan fingerprint density at radius 1 is 1.09 bits per heavy atom. The second-order valence-electron chi connectivity index (χ2n) is 7.75.